The minimum Gasteiger partial charge on any atom is -0.383 e. The van der Waals surface area contributed by atoms with Crippen LogP contribution in [-0.2, 0) is 4.79 Å². The lowest BCUT2D eigenvalue weighted by Crippen LogP contribution is -2.36. The van der Waals surface area contributed by atoms with Gasteiger partial charge in [-0.2, -0.15) is 0 Å². The SMILES string of the molecule is CCCCC(CC)C(=O)N1CCCNc2ccccc21. The maximum atomic E-state index is 12.8. The summed E-state index contributed by atoms with van der Waals surface area (Å²) in [5, 5.41) is 3.42. The van der Waals surface area contributed by atoms with Gasteiger partial charge in [-0.05, 0) is 31.4 Å². The standard InChI is InChI=1S/C17H26N2O/c1-3-5-9-14(4-2)17(20)19-13-8-12-18-15-10-6-7-11-16(15)19/h6-7,10-11,14,18H,3-5,8-9,12-13H2,1-2H3. The van der Waals surface area contributed by atoms with Gasteiger partial charge in [-0.15, -0.1) is 0 Å². The molecule has 1 amide bonds. The molecule has 1 heterocycles. The van der Waals surface area contributed by atoms with Crippen molar-refractivity contribution < 1.29 is 4.79 Å². The number of nitrogens with one attached hydrogen (secondary N) is 1. The molecule has 1 aliphatic rings. The fourth-order valence-electron chi connectivity index (χ4n) is 2.84. The van der Waals surface area contributed by atoms with E-state index in [0.717, 1.165) is 56.6 Å². The van der Waals surface area contributed by atoms with Crippen LogP contribution in [0.4, 0.5) is 11.4 Å². The van der Waals surface area contributed by atoms with Crippen LogP contribution in [0.5, 0.6) is 0 Å². The van der Waals surface area contributed by atoms with Gasteiger partial charge in [0, 0.05) is 19.0 Å². The molecule has 3 heteroatoms. The van der Waals surface area contributed by atoms with Crippen LogP contribution in [0.3, 0.4) is 0 Å². The Labute approximate surface area is 122 Å². The molecule has 2 rings (SSSR count). The van der Waals surface area contributed by atoms with Crippen LogP contribution in [-0.4, -0.2) is 19.0 Å². The zero-order valence-electron chi connectivity index (χ0n) is 12.7. The van der Waals surface area contributed by atoms with Crippen LogP contribution in [0, 0.1) is 5.92 Å². The van der Waals surface area contributed by atoms with E-state index in [2.05, 4.69) is 31.3 Å². The molecule has 0 saturated heterocycles. The summed E-state index contributed by atoms with van der Waals surface area (Å²) in [6.07, 6.45) is 5.24. The topological polar surface area (TPSA) is 32.3 Å². The van der Waals surface area contributed by atoms with Crippen molar-refractivity contribution in [1.82, 2.24) is 0 Å². The Bertz CT molecular complexity index is 444. The maximum absolute atomic E-state index is 12.8. The molecule has 20 heavy (non-hydrogen) atoms. The number of carbonyl (C=O) groups excluding carboxylic acids is 1. The summed E-state index contributed by atoms with van der Waals surface area (Å²) in [6, 6.07) is 8.15. The molecule has 0 spiro atoms. The van der Waals surface area contributed by atoms with Crippen molar-refractivity contribution >= 4 is 17.3 Å². The molecule has 1 atom stereocenters. The van der Waals surface area contributed by atoms with Gasteiger partial charge >= 0.3 is 0 Å². The van der Waals surface area contributed by atoms with E-state index in [1.165, 1.54) is 0 Å². The van der Waals surface area contributed by atoms with E-state index in [0.29, 0.717) is 5.91 Å². The molecule has 0 aliphatic carbocycles. The Kier molecular flexibility index (Phi) is 5.45. The Morgan fingerprint density at radius 2 is 2.15 bits per heavy atom. The van der Waals surface area contributed by atoms with Crippen molar-refractivity contribution in [3.8, 4) is 0 Å². The van der Waals surface area contributed by atoms with Crippen molar-refractivity contribution in [2.75, 3.05) is 23.3 Å². The summed E-state index contributed by atoms with van der Waals surface area (Å²) < 4.78 is 0. The Hall–Kier alpha value is -1.51. The predicted molar refractivity (Wildman–Crippen MR) is 85.2 cm³/mol. The van der Waals surface area contributed by atoms with Crippen molar-refractivity contribution in [1.29, 1.82) is 0 Å². The van der Waals surface area contributed by atoms with Gasteiger partial charge in [0.1, 0.15) is 0 Å². The van der Waals surface area contributed by atoms with Crippen molar-refractivity contribution in [3.63, 3.8) is 0 Å². The monoisotopic (exact) mass is 274 g/mol. The van der Waals surface area contributed by atoms with Gasteiger partial charge in [0.2, 0.25) is 5.91 Å². The third kappa shape index (κ3) is 3.33. The first-order chi connectivity index (χ1) is 9.77. The number of unbranched alkanes of at least 4 members (excludes halogenated alkanes) is 1. The number of rotatable bonds is 5. The molecular weight excluding hydrogens is 248 g/mol. The number of anilines is 2. The minimum absolute atomic E-state index is 0.168. The highest BCUT2D eigenvalue weighted by atomic mass is 16.2. The van der Waals surface area contributed by atoms with Crippen molar-refractivity contribution in [2.45, 2.75) is 46.0 Å². The van der Waals surface area contributed by atoms with E-state index in [4.69, 9.17) is 0 Å². The van der Waals surface area contributed by atoms with Gasteiger partial charge < -0.3 is 10.2 Å². The second-order valence-corrected chi connectivity index (χ2v) is 5.53. The number of carbonyl (C=O) groups is 1. The highest BCUT2D eigenvalue weighted by molar-refractivity contribution is 5.98. The normalized spacial score (nSPS) is 16.0. The number of amides is 1. The molecule has 3 nitrogen and oxygen atoms in total. The van der Waals surface area contributed by atoms with E-state index in [9.17, 15) is 4.79 Å². The quantitative estimate of drug-likeness (QED) is 0.878. The lowest BCUT2D eigenvalue weighted by molar-refractivity contribution is -0.122. The van der Waals surface area contributed by atoms with Gasteiger partial charge in [-0.3, -0.25) is 4.79 Å². The zero-order chi connectivity index (χ0) is 14.4. The summed E-state index contributed by atoms with van der Waals surface area (Å²) in [7, 11) is 0. The summed E-state index contributed by atoms with van der Waals surface area (Å²) >= 11 is 0. The molecule has 1 aliphatic heterocycles. The van der Waals surface area contributed by atoms with Gasteiger partial charge in [-0.1, -0.05) is 38.8 Å². The summed E-state index contributed by atoms with van der Waals surface area (Å²) in [6.45, 7) is 6.07. The van der Waals surface area contributed by atoms with Crippen molar-refractivity contribution in [3.05, 3.63) is 24.3 Å². The third-order valence-corrected chi connectivity index (χ3v) is 4.08. The number of hydrogen-bond acceptors (Lipinski definition) is 2. The first-order valence-corrected chi connectivity index (χ1v) is 7.92. The molecule has 0 saturated carbocycles. The fourth-order valence-corrected chi connectivity index (χ4v) is 2.84. The Morgan fingerprint density at radius 3 is 2.90 bits per heavy atom. The van der Waals surface area contributed by atoms with E-state index in [-0.39, 0.29) is 5.92 Å². The zero-order valence-corrected chi connectivity index (χ0v) is 12.7. The van der Waals surface area contributed by atoms with E-state index < -0.39 is 0 Å². The van der Waals surface area contributed by atoms with Crippen LogP contribution in [0.1, 0.15) is 46.0 Å². The number of hydrogen-bond donors (Lipinski definition) is 1. The highest BCUT2D eigenvalue weighted by Gasteiger charge is 2.26. The van der Waals surface area contributed by atoms with Crippen LogP contribution >= 0.6 is 0 Å². The first-order valence-electron chi connectivity index (χ1n) is 7.92. The van der Waals surface area contributed by atoms with E-state index >= 15 is 0 Å². The molecule has 0 fully saturated rings. The van der Waals surface area contributed by atoms with Crippen molar-refractivity contribution in [2.24, 2.45) is 5.92 Å². The number of para-hydroxylation sites is 2. The summed E-state index contributed by atoms with van der Waals surface area (Å²) in [5.41, 5.74) is 2.13. The first kappa shape index (κ1) is 14.9. The third-order valence-electron chi connectivity index (χ3n) is 4.08. The average Bonchev–Trinajstić information content (AvgIpc) is 2.70. The molecule has 0 radical (unpaired) electrons. The van der Waals surface area contributed by atoms with E-state index in [1.807, 2.05) is 17.0 Å². The minimum atomic E-state index is 0.168. The fraction of sp³-hybridized carbons (Fsp3) is 0.588. The lowest BCUT2D eigenvalue weighted by Gasteiger charge is -2.26. The van der Waals surface area contributed by atoms with E-state index in [1.54, 1.807) is 0 Å². The average molecular weight is 274 g/mol. The van der Waals surface area contributed by atoms with Crippen LogP contribution < -0.4 is 10.2 Å². The molecule has 0 bridgehead atoms. The lowest BCUT2D eigenvalue weighted by atomic mass is 9.97. The van der Waals surface area contributed by atoms with Gasteiger partial charge in [0.05, 0.1) is 11.4 Å². The molecule has 110 valence electrons. The van der Waals surface area contributed by atoms with Crippen LogP contribution in [0.15, 0.2) is 24.3 Å². The molecule has 1 N–H and O–H groups in total. The maximum Gasteiger partial charge on any atom is 0.230 e. The second-order valence-electron chi connectivity index (χ2n) is 5.53. The summed E-state index contributed by atoms with van der Waals surface area (Å²) in [4.78, 5) is 14.8. The molecule has 1 aromatic carbocycles. The largest absolute Gasteiger partial charge is 0.383 e. The van der Waals surface area contributed by atoms with Gasteiger partial charge in [0.25, 0.3) is 0 Å². The molecule has 1 aromatic rings. The number of benzene rings is 1. The molecular formula is C17H26N2O. The number of nitrogens with zero attached hydrogens (tertiary/aromatic N) is 1. The predicted octanol–water partition coefficient (Wildman–Crippen LogP) is 4.05. The van der Waals surface area contributed by atoms with Gasteiger partial charge in [0.15, 0.2) is 0 Å². The van der Waals surface area contributed by atoms with Gasteiger partial charge in [-0.25, -0.2) is 0 Å². The smallest absolute Gasteiger partial charge is 0.230 e. The van der Waals surface area contributed by atoms with Crippen LogP contribution in [0.2, 0.25) is 0 Å². The second kappa shape index (κ2) is 7.32. The Balaban J connectivity index is 2.20. The van der Waals surface area contributed by atoms with Crippen LogP contribution in [0.25, 0.3) is 0 Å². The Morgan fingerprint density at radius 1 is 1.35 bits per heavy atom. The molecule has 0 aromatic heterocycles. The molecule has 1 unspecified atom stereocenters. The number of fused-ring (bicyclic) bond motifs is 1. The summed E-state index contributed by atoms with van der Waals surface area (Å²) in [5.74, 6) is 0.471. The highest BCUT2D eigenvalue weighted by Crippen LogP contribution is 2.30.